The Morgan fingerprint density at radius 2 is 2.15 bits per heavy atom. The van der Waals surface area contributed by atoms with Gasteiger partial charge in [-0.25, -0.2) is 0 Å². The number of piperazine rings is 1. The fraction of sp³-hybridized carbons (Fsp3) is 0.556. The number of nitrogens with one attached hydrogen (secondary N) is 1. The lowest BCUT2D eigenvalue weighted by atomic mass is 10.3. The molecule has 1 aromatic rings. The first-order valence-electron chi connectivity index (χ1n) is 4.66. The summed E-state index contributed by atoms with van der Waals surface area (Å²) in [6, 6.07) is 0. The van der Waals surface area contributed by atoms with Crippen molar-refractivity contribution in [2.45, 2.75) is 0 Å². The molecule has 0 aromatic carbocycles. The summed E-state index contributed by atoms with van der Waals surface area (Å²) in [4.78, 5) is 3.74. The smallest absolute Gasteiger partial charge is 0.0756 e. The number of anilines is 1. The van der Waals surface area contributed by atoms with Gasteiger partial charge >= 0.3 is 0 Å². The Morgan fingerprint density at radius 3 is 2.69 bits per heavy atom. The molecule has 1 saturated heterocycles. The van der Waals surface area contributed by atoms with Gasteiger partial charge in [0.1, 0.15) is 0 Å². The summed E-state index contributed by atoms with van der Waals surface area (Å²) in [5.74, 6) is 0. The molecule has 1 aromatic heterocycles. The average Bonchev–Trinajstić information content (AvgIpc) is 2.53. The predicted molar refractivity (Wildman–Crippen MR) is 51.5 cm³/mol. The third kappa shape index (κ3) is 1.83. The summed E-state index contributed by atoms with van der Waals surface area (Å²) in [5.41, 5.74) is 1.23. The van der Waals surface area contributed by atoms with Crippen molar-refractivity contribution >= 4 is 5.69 Å². The molecule has 0 saturated carbocycles. The van der Waals surface area contributed by atoms with Crippen LogP contribution < -0.4 is 9.80 Å². The van der Waals surface area contributed by atoms with Crippen LogP contribution in [0.1, 0.15) is 0 Å². The van der Waals surface area contributed by atoms with Crippen LogP contribution in [0, 0.1) is 7.05 Å². The van der Waals surface area contributed by atoms with Gasteiger partial charge in [0.25, 0.3) is 0 Å². The zero-order valence-corrected chi connectivity index (χ0v) is 8.03. The van der Waals surface area contributed by atoms with Crippen LogP contribution in [0.3, 0.4) is 0 Å². The van der Waals surface area contributed by atoms with Gasteiger partial charge in [-0.05, 0) is 0 Å². The summed E-state index contributed by atoms with van der Waals surface area (Å²) in [6.07, 6.45) is 3.99. The molecule has 2 heterocycles. The topological polar surface area (TPSA) is 25.5 Å². The molecule has 4 nitrogen and oxygen atoms in total. The first kappa shape index (κ1) is 8.56. The van der Waals surface area contributed by atoms with Gasteiger partial charge in [-0.3, -0.25) is 4.68 Å². The fourth-order valence-electron chi connectivity index (χ4n) is 1.65. The molecule has 0 aliphatic carbocycles. The second-order valence-corrected chi connectivity index (χ2v) is 3.61. The van der Waals surface area contributed by atoms with Crippen LogP contribution in [0.15, 0.2) is 12.4 Å². The monoisotopic (exact) mass is 180 g/mol. The first-order valence-corrected chi connectivity index (χ1v) is 4.66. The normalized spacial score (nSPS) is 19.4. The SMILES string of the molecule is [CH2-][NH+]1CCN(c2cnn(C)c2)CC1. The molecule has 1 aliphatic heterocycles. The third-order valence-electron chi connectivity index (χ3n) is 2.53. The molecule has 0 atom stereocenters. The maximum absolute atomic E-state index is 4.16. The Kier molecular flexibility index (Phi) is 2.22. The molecule has 4 heteroatoms. The van der Waals surface area contributed by atoms with Crippen LogP contribution in [-0.4, -0.2) is 36.0 Å². The minimum Gasteiger partial charge on any atom is -0.465 e. The van der Waals surface area contributed by atoms with Crippen LogP contribution in [0.4, 0.5) is 5.69 Å². The highest BCUT2D eigenvalue weighted by Crippen LogP contribution is 2.11. The summed E-state index contributed by atoms with van der Waals surface area (Å²) < 4.78 is 1.85. The second kappa shape index (κ2) is 3.38. The maximum Gasteiger partial charge on any atom is 0.0756 e. The largest absolute Gasteiger partial charge is 0.465 e. The molecule has 0 amide bonds. The van der Waals surface area contributed by atoms with E-state index >= 15 is 0 Å². The van der Waals surface area contributed by atoms with E-state index in [1.54, 1.807) is 0 Å². The molecule has 0 spiro atoms. The van der Waals surface area contributed by atoms with Crippen molar-refractivity contribution in [1.29, 1.82) is 0 Å². The summed E-state index contributed by atoms with van der Waals surface area (Å²) in [5, 5.41) is 4.16. The quantitative estimate of drug-likeness (QED) is 0.556. The molecule has 1 fully saturated rings. The van der Waals surface area contributed by atoms with E-state index in [1.165, 1.54) is 10.6 Å². The lowest BCUT2D eigenvalue weighted by molar-refractivity contribution is -0.854. The van der Waals surface area contributed by atoms with E-state index in [0.29, 0.717) is 0 Å². The van der Waals surface area contributed by atoms with Gasteiger partial charge in [-0.15, -0.1) is 0 Å². The number of quaternary nitrogens is 1. The molecule has 72 valence electrons. The molecule has 1 N–H and O–H groups in total. The zero-order valence-electron chi connectivity index (χ0n) is 8.03. The van der Waals surface area contributed by atoms with Crippen molar-refractivity contribution in [3.05, 3.63) is 19.4 Å². The van der Waals surface area contributed by atoms with Crippen molar-refractivity contribution in [3.8, 4) is 0 Å². The Labute approximate surface area is 78.7 Å². The van der Waals surface area contributed by atoms with Gasteiger partial charge < -0.3 is 9.80 Å². The van der Waals surface area contributed by atoms with Crippen LogP contribution in [0.2, 0.25) is 0 Å². The van der Waals surface area contributed by atoms with Crippen molar-refractivity contribution in [3.63, 3.8) is 0 Å². The van der Waals surface area contributed by atoms with Crippen molar-refractivity contribution in [2.75, 3.05) is 31.1 Å². The standard InChI is InChI=1S/C9H16N4/c1-11-3-5-13(6-4-11)9-7-10-12(2)8-9/h7-8,11H,1,3-6H2,2H3. The number of hydrogen-bond donors (Lipinski definition) is 1. The van der Waals surface area contributed by atoms with E-state index < -0.39 is 0 Å². The Balaban J connectivity index is 2.02. The molecular formula is C9H16N4. The fourth-order valence-corrected chi connectivity index (χ4v) is 1.65. The van der Waals surface area contributed by atoms with E-state index in [9.17, 15) is 0 Å². The van der Waals surface area contributed by atoms with Gasteiger partial charge in [0.05, 0.1) is 38.1 Å². The Bertz CT molecular complexity index is 273. The van der Waals surface area contributed by atoms with Gasteiger partial charge in [-0.2, -0.15) is 12.1 Å². The van der Waals surface area contributed by atoms with Crippen molar-refractivity contribution in [1.82, 2.24) is 9.78 Å². The summed E-state index contributed by atoms with van der Waals surface area (Å²) in [7, 11) is 5.95. The van der Waals surface area contributed by atoms with Crippen LogP contribution in [-0.2, 0) is 7.05 Å². The van der Waals surface area contributed by atoms with Crippen molar-refractivity contribution in [2.24, 2.45) is 7.05 Å². The molecule has 0 unspecified atom stereocenters. The van der Waals surface area contributed by atoms with E-state index in [2.05, 4.69) is 23.2 Å². The lowest BCUT2D eigenvalue weighted by Gasteiger charge is -2.34. The maximum atomic E-state index is 4.16. The number of aryl methyl sites for hydroxylation is 1. The third-order valence-corrected chi connectivity index (χ3v) is 2.53. The highest BCUT2D eigenvalue weighted by atomic mass is 15.3. The lowest BCUT2D eigenvalue weighted by Crippen LogP contribution is -3.10. The minimum absolute atomic E-state index is 1.09. The molecule has 0 bridgehead atoms. The molecule has 1 aliphatic rings. The van der Waals surface area contributed by atoms with Gasteiger partial charge in [0.2, 0.25) is 0 Å². The highest BCUT2D eigenvalue weighted by molar-refractivity contribution is 5.42. The first-order chi connectivity index (χ1) is 6.25. The zero-order chi connectivity index (χ0) is 9.26. The summed E-state index contributed by atoms with van der Waals surface area (Å²) in [6.45, 7) is 4.42. The van der Waals surface area contributed by atoms with E-state index in [1.807, 2.05) is 17.9 Å². The Hall–Kier alpha value is -1.03. The predicted octanol–water partition coefficient (Wildman–Crippen LogP) is -1.08. The van der Waals surface area contributed by atoms with E-state index in [-0.39, 0.29) is 0 Å². The van der Waals surface area contributed by atoms with Crippen LogP contribution in [0.25, 0.3) is 0 Å². The number of nitrogens with zero attached hydrogens (tertiary/aromatic N) is 3. The van der Waals surface area contributed by atoms with Gasteiger partial charge in [0.15, 0.2) is 0 Å². The molecule has 13 heavy (non-hydrogen) atoms. The average molecular weight is 180 g/mol. The van der Waals surface area contributed by atoms with Gasteiger partial charge in [0, 0.05) is 13.2 Å². The number of rotatable bonds is 1. The number of hydrogen-bond acceptors (Lipinski definition) is 2. The van der Waals surface area contributed by atoms with Crippen molar-refractivity contribution < 1.29 is 4.90 Å². The number of aromatic nitrogens is 2. The van der Waals surface area contributed by atoms with E-state index in [4.69, 9.17) is 0 Å². The Morgan fingerprint density at radius 1 is 1.46 bits per heavy atom. The second-order valence-electron chi connectivity index (χ2n) is 3.61. The summed E-state index contributed by atoms with van der Waals surface area (Å²) >= 11 is 0. The van der Waals surface area contributed by atoms with Crippen LogP contribution in [0.5, 0.6) is 0 Å². The van der Waals surface area contributed by atoms with E-state index in [0.717, 1.165) is 26.2 Å². The minimum atomic E-state index is 1.09. The molecular weight excluding hydrogens is 164 g/mol. The molecule has 2 rings (SSSR count). The molecule has 0 radical (unpaired) electrons. The van der Waals surface area contributed by atoms with Gasteiger partial charge in [-0.1, -0.05) is 0 Å². The van der Waals surface area contributed by atoms with Crippen LogP contribution >= 0.6 is 0 Å². The highest BCUT2D eigenvalue weighted by Gasteiger charge is 2.15.